The number of carboxylic acids is 2. The molecular weight excluding hydrogens is 526 g/mol. The number of ether oxygens (including phenoxy) is 2. The minimum atomic E-state index is -2.33. The van der Waals surface area contributed by atoms with Crippen molar-refractivity contribution in [3.05, 3.63) is 0 Å². The highest BCUT2D eigenvalue weighted by atomic mass is 16.6. The van der Waals surface area contributed by atoms with E-state index >= 15 is 0 Å². The average Bonchev–Trinajstić information content (AvgIpc) is 2.84. The smallest absolute Gasteiger partial charge is 0.332 e. The van der Waals surface area contributed by atoms with Crippen molar-refractivity contribution in [2.75, 3.05) is 6.61 Å². The number of primary amides is 1. The van der Waals surface area contributed by atoms with Crippen LogP contribution in [0.1, 0.15) is 41.9 Å². The number of aliphatic carboxylic acids is 2. The van der Waals surface area contributed by atoms with Crippen LogP contribution in [-0.4, -0.2) is 122 Å². The fourth-order valence-corrected chi connectivity index (χ4v) is 3.80. The fraction of sp³-hybridized carbons (Fsp3) is 0.727. The highest BCUT2D eigenvalue weighted by Gasteiger charge is 2.49. The Bertz CT molecular complexity index is 982. The third-order valence-corrected chi connectivity index (χ3v) is 6.03. The normalized spacial score (nSPS) is 27.1. The number of hydrogen-bond donors (Lipinski definition) is 8. The highest BCUT2D eigenvalue weighted by molar-refractivity contribution is 5.91. The van der Waals surface area contributed by atoms with E-state index in [0.29, 0.717) is 0 Å². The van der Waals surface area contributed by atoms with Crippen molar-refractivity contribution < 1.29 is 60.0 Å². The Morgan fingerprint density at radius 3 is 2.15 bits per heavy atom. The predicted molar refractivity (Wildman–Crippen MR) is 129 cm³/mol. The zero-order valence-electron chi connectivity index (χ0n) is 22.9. The van der Waals surface area contributed by atoms with E-state index in [2.05, 4.69) is 5.32 Å². The molecule has 0 spiro atoms. The largest absolute Gasteiger partial charge is 0.480 e. The lowest BCUT2D eigenvalue weighted by molar-refractivity contribution is -0.245. The van der Waals surface area contributed by atoms with Crippen molar-refractivity contribution >= 4 is 35.6 Å². The van der Waals surface area contributed by atoms with Crippen LogP contribution < -0.4 is 22.1 Å². The Balaban J connectivity index is 3.10. The SMILES string of the molecule is [2H][C@@](C)(NC(=O)CC[C@@H](NC(=O)[C@H](C)N(C(C)=O)C1O[C@H](CO)[C@@H](O)[C@H](O[C@H](C)C(=O)O)[C@H]1N)C(N)=O)C(=O)O. The second-order valence-electron chi connectivity index (χ2n) is 8.98. The van der Waals surface area contributed by atoms with Gasteiger partial charge in [-0.3, -0.25) is 24.0 Å². The molecule has 1 aliphatic heterocycles. The number of hydrogen-bond acceptors (Lipinski definition) is 11. The van der Waals surface area contributed by atoms with Crippen molar-refractivity contribution in [3.8, 4) is 0 Å². The van der Waals surface area contributed by atoms with Crippen LogP contribution >= 0.6 is 0 Å². The molecule has 0 aromatic heterocycles. The van der Waals surface area contributed by atoms with Gasteiger partial charge in [-0.15, -0.1) is 0 Å². The van der Waals surface area contributed by atoms with Gasteiger partial charge in [0.2, 0.25) is 23.6 Å². The van der Waals surface area contributed by atoms with E-state index < -0.39 is 103 Å². The number of nitrogens with one attached hydrogen (secondary N) is 2. The molecule has 1 fully saturated rings. The van der Waals surface area contributed by atoms with Crippen molar-refractivity contribution in [2.24, 2.45) is 11.5 Å². The predicted octanol–water partition coefficient (Wildman–Crippen LogP) is -4.17. The second-order valence-corrected chi connectivity index (χ2v) is 8.98. The van der Waals surface area contributed by atoms with Gasteiger partial charge < -0.3 is 56.9 Å². The topological polar surface area (TPSA) is 281 Å². The summed E-state index contributed by atoms with van der Waals surface area (Å²) in [7, 11) is 0. The molecule has 17 nitrogen and oxygen atoms in total. The zero-order valence-corrected chi connectivity index (χ0v) is 21.9. The molecule has 9 atom stereocenters. The van der Waals surface area contributed by atoms with Crippen LogP contribution in [-0.2, 0) is 38.2 Å². The summed E-state index contributed by atoms with van der Waals surface area (Å²) < 4.78 is 18.5. The molecule has 0 aromatic rings. The summed E-state index contributed by atoms with van der Waals surface area (Å²) in [5, 5.41) is 42.5. The van der Waals surface area contributed by atoms with E-state index in [1.807, 2.05) is 5.32 Å². The average molecular weight is 565 g/mol. The van der Waals surface area contributed by atoms with Crippen LogP contribution in [0.5, 0.6) is 0 Å². The van der Waals surface area contributed by atoms with Crippen LogP contribution in [0.2, 0.25) is 0 Å². The molecule has 1 rings (SSSR count). The van der Waals surface area contributed by atoms with Gasteiger partial charge in [-0.25, -0.2) is 4.79 Å². The van der Waals surface area contributed by atoms with Crippen molar-refractivity contribution in [3.63, 3.8) is 0 Å². The van der Waals surface area contributed by atoms with Crippen LogP contribution in [0.3, 0.4) is 0 Å². The van der Waals surface area contributed by atoms with Crippen LogP contribution in [0.4, 0.5) is 0 Å². The van der Waals surface area contributed by atoms with Crippen LogP contribution in [0.25, 0.3) is 0 Å². The van der Waals surface area contributed by atoms with Gasteiger partial charge >= 0.3 is 11.9 Å². The van der Waals surface area contributed by atoms with Gasteiger partial charge in [-0.05, 0) is 27.2 Å². The Morgan fingerprint density at radius 1 is 1.10 bits per heavy atom. The lowest BCUT2D eigenvalue weighted by atomic mass is 9.94. The molecule has 0 saturated carbocycles. The molecule has 1 aliphatic rings. The maximum atomic E-state index is 13.1. The van der Waals surface area contributed by atoms with Crippen molar-refractivity contribution in [2.45, 2.75) is 95.3 Å². The van der Waals surface area contributed by atoms with Crippen LogP contribution in [0.15, 0.2) is 0 Å². The number of carbonyl (C=O) groups excluding carboxylic acids is 4. The first-order chi connectivity index (χ1) is 18.3. The molecule has 1 heterocycles. The van der Waals surface area contributed by atoms with E-state index in [9.17, 15) is 44.1 Å². The molecule has 222 valence electrons. The number of nitrogens with zero attached hydrogens (tertiary/aromatic N) is 1. The Hall–Kier alpha value is -3.38. The Labute approximate surface area is 225 Å². The monoisotopic (exact) mass is 564 g/mol. The first kappa shape index (κ1) is 31.8. The summed E-state index contributed by atoms with van der Waals surface area (Å²) in [5.74, 6) is -6.67. The number of carbonyl (C=O) groups is 6. The molecular formula is C22H37N5O12. The third-order valence-electron chi connectivity index (χ3n) is 6.03. The molecule has 0 bridgehead atoms. The van der Waals surface area contributed by atoms with Gasteiger partial charge in [0, 0.05) is 13.3 Å². The molecule has 39 heavy (non-hydrogen) atoms. The lowest BCUT2D eigenvalue weighted by Crippen LogP contribution is -2.70. The van der Waals surface area contributed by atoms with Gasteiger partial charge in [0.1, 0.15) is 36.4 Å². The summed E-state index contributed by atoms with van der Waals surface area (Å²) in [5.41, 5.74) is 11.5. The molecule has 4 amide bonds. The number of carboxylic acid groups (broad SMARTS) is 2. The summed E-state index contributed by atoms with van der Waals surface area (Å²) in [4.78, 5) is 72.8. The summed E-state index contributed by atoms with van der Waals surface area (Å²) in [6.07, 6.45) is -8.22. The number of amides is 4. The fourth-order valence-electron chi connectivity index (χ4n) is 3.80. The molecule has 10 N–H and O–H groups in total. The Kier molecular flexibility index (Phi) is 12.0. The second kappa shape index (κ2) is 14.7. The zero-order chi connectivity index (χ0) is 31.1. The maximum absolute atomic E-state index is 13.1. The highest BCUT2D eigenvalue weighted by Crippen LogP contribution is 2.27. The molecule has 1 unspecified atom stereocenters. The number of aliphatic hydroxyl groups excluding tert-OH is 2. The van der Waals surface area contributed by atoms with Gasteiger partial charge in [0.25, 0.3) is 0 Å². The van der Waals surface area contributed by atoms with Crippen molar-refractivity contribution in [1.29, 1.82) is 0 Å². The molecule has 1 saturated heterocycles. The Morgan fingerprint density at radius 2 is 1.69 bits per heavy atom. The minimum absolute atomic E-state index is 0.378. The number of nitrogens with two attached hydrogens (primary N) is 2. The molecule has 17 heteroatoms. The van der Waals surface area contributed by atoms with Gasteiger partial charge in [0.05, 0.1) is 14.0 Å². The number of aliphatic hydroxyl groups is 2. The van der Waals surface area contributed by atoms with E-state index in [4.69, 9.17) is 27.4 Å². The van der Waals surface area contributed by atoms with Gasteiger partial charge in [0.15, 0.2) is 12.3 Å². The third kappa shape index (κ3) is 9.10. The number of rotatable bonds is 14. The standard InChI is InChI=1S/C22H37N5O12/c1-8(21(34)35)25-14(30)6-5-12(18(24)32)26-19(33)9(2)27(11(4)29)20-15(23)17(38-10(3)22(36)37)16(31)13(7-28)39-20/h8-10,12-13,15-17,20,28,31H,5-7,23H2,1-4H3,(H2,24,32)(H,25,30)(H,26,33)(H,34,35)(H,36,37)/t8-,9-,10+,12+,13+,15+,16+,17+,20?/m0/s1/i8D. The molecule has 0 radical (unpaired) electrons. The minimum Gasteiger partial charge on any atom is -0.480 e. The summed E-state index contributed by atoms with van der Waals surface area (Å²) in [6, 6.07) is -6.60. The van der Waals surface area contributed by atoms with E-state index in [1.165, 1.54) is 13.8 Å². The van der Waals surface area contributed by atoms with Crippen LogP contribution in [0, 0.1) is 0 Å². The first-order valence-electron chi connectivity index (χ1n) is 12.4. The summed E-state index contributed by atoms with van der Waals surface area (Å²) in [6.45, 7) is 3.63. The maximum Gasteiger partial charge on any atom is 0.332 e. The van der Waals surface area contributed by atoms with Gasteiger partial charge in [-0.1, -0.05) is 0 Å². The van der Waals surface area contributed by atoms with E-state index in [1.54, 1.807) is 0 Å². The lowest BCUT2D eigenvalue weighted by Gasteiger charge is -2.48. The van der Waals surface area contributed by atoms with Gasteiger partial charge in [-0.2, -0.15) is 0 Å². The van der Waals surface area contributed by atoms with E-state index in [-0.39, 0.29) is 6.42 Å². The van der Waals surface area contributed by atoms with E-state index in [0.717, 1.165) is 18.7 Å². The molecule has 0 aliphatic carbocycles. The molecule has 0 aromatic carbocycles. The quantitative estimate of drug-likeness (QED) is 0.0995. The first-order valence-corrected chi connectivity index (χ1v) is 11.9. The van der Waals surface area contributed by atoms with Crippen molar-refractivity contribution in [1.82, 2.24) is 15.5 Å². The summed E-state index contributed by atoms with van der Waals surface area (Å²) >= 11 is 0.